The highest BCUT2D eigenvalue weighted by atomic mass is 16.6. The molecule has 254 valence electrons. The van der Waals surface area contributed by atoms with Crippen LogP contribution in [0.4, 0.5) is 9.59 Å². The number of carbonyl (C=O) groups is 2. The van der Waals surface area contributed by atoms with Crippen molar-refractivity contribution in [1.82, 2.24) is 9.80 Å². The molecule has 0 atom stereocenters. The molecule has 0 unspecified atom stereocenters. The van der Waals surface area contributed by atoms with E-state index in [2.05, 4.69) is 39.0 Å². The Morgan fingerprint density at radius 2 is 1.15 bits per heavy atom. The second kappa shape index (κ2) is 14.1. The quantitative estimate of drug-likeness (QED) is 0.355. The summed E-state index contributed by atoms with van der Waals surface area (Å²) in [6, 6.07) is 11.6. The first kappa shape index (κ1) is 35.4. The summed E-state index contributed by atoms with van der Waals surface area (Å²) < 4.78 is 17.2. The Bertz CT molecular complexity index is 1360. The number of fused-ring (bicyclic) bond motifs is 2. The van der Waals surface area contributed by atoms with Crippen LogP contribution in [0.3, 0.4) is 0 Å². The van der Waals surface area contributed by atoms with Gasteiger partial charge in [-0.2, -0.15) is 0 Å². The van der Waals surface area contributed by atoms with Crippen LogP contribution in [0.25, 0.3) is 0 Å². The normalized spacial score (nSPS) is 20.0. The van der Waals surface area contributed by atoms with Gasteiger partial charge in [0, 0.05) is 26.2 Å². The summed E-state index contributed by atoms with van der Waals surface area (Å²) in [5.74, 6) is 2.05. The molecule has 1 N–H and O–H groups in total. The zero-order valence-electron chi connectivity index (χ0n) is 29.6. The van der Waals surface area contributed by atoms with Crippen LogP contribution >= 0.6 is 0 Å². The largest absolute Gasteiger partial charge is 0.508 e. The average Bonchev–Trinajstić information content (AvgIpc) is 2.95. The van der Waals surface area contributed by atoms with Crippen LogP contribution < -0.4 is 4.74 Å². The van der Waals surface area contributed by atoms with Crippen LogP contribution in [0, 0.1) is 11.3 Å². The van der Waals surface area contributed by atoms with Crippen molar-refractivity contribution in [2.75, 3.05) is 13.1 Å². The summed E-state index contributed by atoms with van der Waals surface area (Å²) in [6.45, 7) is 20.8. The number of hydrogen-bond donors (Lipinski definition) is 1. The lowest BCUT2D eigenvalue weighted by Crippen LogP contribution is -2.39. The molecule has 0 spiro atoms. The Morgan fingerprint density at radius 1 is 0.674 bits per heavy atom. The van der Waals surface area contributed by atoms with Crippen molar-refractivity contribution < 1.29 is 28.9 Å². The van der Waals surface area contributed by atoms with Gasteiger partial charge in [0.1, 0.15) is 22.7 Å². The Balaban J connectivity index is 0.000000230. The number of phenols is 1. The zero-order valence-corrected chi connectivity index (χ0v) is 29.6. The van der Waals surface area contributed by atoms with Crippen molar-refractivity contribution in [2.45, 2.75) is 131 Å². The molecule has 0 aromatic heterocycles. The van der Waals surface area contributed by atoms with Crippen LogP contribution in [-0.4, -0.2) is 57.5 Å². The maximum atomic E-state index is 12.3. The smallest absolute Gasteiger partial charge is 0.410 e. The van der Waals surface area contributed by atoms with Crippen molar-refractivity contribution in [1.29, 1.82) is 0 Å². The van der Waals surface area contributed by atoms with Crippen molar-refractivity contribution in [3.8, 4) is 11.5 Å². The molecule has 3 aliphatic rings. The van der Waals surface area contributed by atoms with Gasteiger partial charge in [0.25, 0.3) is 0 Å². The predicted molar refractivity (Wildman–Crippen MR) is 181 cm³/mol. The third kappa shape index (κ3) is 10.3. The van der Waals surface area contributed by atoms with E-state index in [1.165, 1.54) is 24.0 Å². The van der Waals surface area contributed by atoms with Crippen molar-refractivity contribution in [3.63, 3.8) is 0 Å². The molecule has 0 bridgehead atoms. The molecule has 2 aromatic carbocycles. The molecule has 46 heavy (non-hydrogen) atoms. The second-order valence-electron chi connectivity index (χ2n) is 16.1. The van der Waals surface area contributed by atoms with E-state index < -0.39 is 11.2 Å². The maximum absolute atomic E-state index is 12.3. The van der Waals surface area contributed by atoms with Crippen LogP contribution in [0.1, 0.15) is 110 Å². The lowest BCUT2D eigenvalue weighted by molar-refractivity contribution is 0.0213. The fourth-order valence-corrected chi connectivity index (χ4v) is 6.35. The molecule has 8 nitrogen and oxygen atoms in total. The van der Waals surface area contributed by atoms with Gasteiger partial charge in [0.15, 0.2) is 0 Å². The molecule has 2 aromatic rings. The Hall–Kier alpha value is -3.42. The Morgan fingerprint density at radius 3 is 1.63 bits per heavy atom. The fraction of sp³-hybridized carbons (Fsp3) is 0.632. The van der Waals surface area contributed by atoms with E-state index in [-0.39, 0.29) is 17.9 Å². The van der Waals surface area contributed by atoms with E-state index >= 15 is 0 Å². The topological polar surface area (TPSA) is 88.5 Å². The monoisotopic (exact) mass is 636 g/mol. The van der Waals surface area contributed by atoms with Gasteiger partial charge in [-0.15, -0.1) is 0 Å². The Kier molecular flexibility index (Phi) is 10.9. The number of rotatable bonds is 2. The highest BCUT2D eigenvalue weighted by Crippen LogP contribution is 2.39. The van der Waals surface area contributed by atoms with E-state index in [1.54, 1.807) is 21.9 Å². The molecule has 5 rings (SSSR count). The van der Waals surface area contributed by atoms with E-state index in [1.807, 2.05) is 47.6 Å². The molecule has 2 heterocycles. The number of aromatic hydroxyl groups is 1. The summed E-state index contributed by atoms with van der Waals surface area (Å²) in [7, 11) is 0. The fourth-order valence-electron chi connectivity index (χ4n) is 6.35. The molecule has 0 saturated heterocycles. The van der Waals surface area contributed by atoms with E-state index in [0.29, 0.717) is 37.7 Å². The van der Waals surface area contributed by atoms with Gasteiger partial charge in [0.05, 0.1) is 6.10 Å². The summed E-state index contributed by atoms with van der Waals surface area (Å²) in [6.07, 6.45) is 6.23. The van der Waals surface area contributed by atoms with Crippen molar-refractivity contribution in [2.24, 2.45) is 11.3 Å². The minimum absolute atomic E-state index is 0.228. The van der Waals surface area contributed by atoms with Crippen LogP contribution in [0.2, 0.25) is 0 Å². The average molecular weight is 637 g/mol. The van der Waals surface area contributed by atoms with Gasteiger partial charge >= 0.3 is 12.2 Å². The van der Waals surface area contributed by atoms with E-state index in [9.17, 15) is 14.7 Å². The van der Waals surface area contributed by atoms with Gasteiger partial charge < -0.3 is 29.1 Å². The zero-order chi connectivity index (χ0) is 33.9. The highest BCUT2D eigenvalue weighted by molar-refractivity contribution is 5.69. The highest BCUT2D eigenvalue weighted by Gasteiger charge is 2.31. The van der Waals surface area contributed by atoms with Gasteiger partial charge in [-0.1, -0.05) is 32.9 Å². The molecule has 1 aliphatic carbocycles. The van der Waals surface area contributed by atoms with Crippen LogP contribution in [0.15, 0.2) is 36.4 Å². The Labute approximate surface area is 276 Å². The standard InChI is InChI=1S/C24H37NO3.C14H19NO3/c1-23(2,3)19-8-11-20(12-9-19)27-21-10-7-18-16-25(14-13-17(18)15-21)22(26)28-24(4,5)6;1-14(2,3)18-13(17)15-7-6-10-8-12(16)5-4-11(10)9-15/h7,10,15,19-20H,8-9,11-14,16H2,1-6H3;4-5,8,16H,6-7,9H2,1-3H3. The SMILES string of the molecule is CC(C)(C)OC(=O)N1CCc2cc(O)ccc2C1.CC(C)(C)OC(=O)N1CCc2cc(OC3CCC(C(C)(C)C)CC3)ccc2C1. The van der Waals surface area contributed by atoms with Gasteiger partial charge in [-0.25, -0.2) is 9.59 Å². The van der Waals surface area contributed by atoms with Crippen LogP contribution in [-0.2, 0) is 35.4 Å². The number of benzene rings is 2. The van der Waals surface area contributed by atoms with Gasteiger partial charge in [-0.05, 0) is 138 Å². The number of nitrogens with zero attached hydrogens (tertiary/aromatic N) is 2. The molecular formula is C38H56N2O6. The van der Waals surface area contributed by atoms with E-state index in [0.717, 1.165) is 48.5 Å². The molecule has 1 fully saturated rings. The predicted octanol–water partition coefficient (Wildman–Crippen LogP) is 8.65. The van der Waals surface area contributed by atoms with Gasteiger partial charge in [-0.3, -0.25) is 0 Å². The summed E-state index contributed by atoms with van der Waals surface area (Å²) in [5, 5.41) is 9.41. The van der Waals surface area contributed by atoms with E-state index in [4.69, 9.17) is 14.2 Å². The van der Waals surface area contributed by atoms with Crippen LogP contribution in [0.5, 0.6) is 11.5 Å². The number of hydrogen-bond acceptors (Lipinski definition) is 6. The first-order valence-corrected chi connectivity index (χ1v) is 16.9. The molecular weight excluding hydrogens is 580 g/mol. The molecule has 8 heteroatoms. The third-order valence-electron chi connectivity index (χ3n) is 8.90. The number of ether oxygens (including phenoxy) is 3. The number of amides is 2. The van der Waals surface area contributed by atoms with Crippen molar-refractivity contribution in [3.05, 3.63) is 58.7 Å². The summed E-state index contributed by atoms with van der Waals surface area (Å²) in [5.41, 5.74) is 4.14. The first-order valence-electron chi connectivity index (χ1n) is 16.9. The van der Waals surface area contributed by atoms with Crippen molar-refractivity contribution >= 4 is 12.2 Å². The number of phenolic OH excluding ortho intramolecular Hbond substituents is 1. The lowest BCUT2D eigenvalue weighted by atomic mass is 9.72. The lowest BCUT2D eigenvalue weighted by Gasteiger charge is -2.37. The third-order valence-corrected chi connectivity index (χ3v) is 8.90. The number of carbonyl (C=O) groups excluding carboxylic acids is 2. The molecule has 2 aliphatic heterocycles. The summed E-state index contributed by atoms with van der Waals surface area (Å²) in [4.78, 5) is 27.8. The summed E-state index contributed by atoms with van der Waals surface area (Å²) >= 11 is 0. The van der Waals surface area contributed by atoms with Gasteiger partial charge in [0.2, 0.25) is 0 Å². The minimum atomic E-state index is -0.466. The molecule has 0 radical (unpaired) electrons. The minimum Gasteiger partial charge on any atom is -0.508 e. The second-order valence-corrected chi connectivity index (χ2v) is 16.1. The maximum Gasteiger partial charge on any atom is 0.410 e. The first-order chi connectivity index (χ1) is 21.4. The molecule has 1 saturated carbocycles. The molecule has 2 amide bonds.